The summed E-state index contributed by atoms with van der Waals surface area (Å²) < 4.78 is 4.93. The van der Waals surface area contributed by atoms with Gasteiger partial charge in [0.2, 0.25) is 0 Å². The molecule has 0 bridgehead atoms. The van der Waals surface area contributed by atoms with Crippen molar-refractivity contribution >= 4 is 5.97 Å². The number of nitrogens with one attached hydrogen (secondary N) is 1. The maximum Gasteiger partial charge on any atom is 0.327 e. The summed E-state index contributed by atoms with van der Waals surface area (Å²) in [5.41, 5.74) is 1.99. The number of carbonyl (C=O) groups is 1. The van der Waals surface area contributed by atoms with Gasteiger partial charge >= 0.3 is 5.97 Å². The number of hydrogen-bond acceptors (Lipinski definition) is 6. The topological polar surface area (TPSA) is 105 Å². The number of phenols is 2. The molecule has 0 saturated carbocycles. The summed E-state index contributed by atoms with van der Waals surface area (Å²) in [5.74, 6) is 4.47. The van der Waals surface area contributed by atoms with Crippen LogP contribution in [0.3, 0.4) is 0 Å². The normalized spacial score (nSPS) is 13.9. The number of hydrazine groups is 1. The van der Waals surface area contributed by atoms with Crippen molar-refractivity contribution in [3.8, 4) is 11.5 Å². The van der Waals surface area contributed by atoms with Crippen molar-refractivity contribution in [2.45, 2.75) is 25.8 Å². The first-order valence-corrected chi connectivity index (χ1v) is 5.59. The first-order valence-electron chi connectivity index (χ1n) is 5.59. The first kappa shape index (κ1) is 14.3. The zero-order chi connectivity index (χ0) is 13.8. The van der Waals surface area contributed by atoms with Gasteiger partial charge in [-0.3, -0.25) is 5.84 Å². The monoisotopic (exact) mass is 254 g/mol. The summed E-state index contributed by atoms with van der Waals surface area (Å²) in [6.45, 7) is 3.58. The summed E-state index contributed by atoms with van der Waals surface area (Å²) in [4.78, 5) is 11.8. The van der Waals surface area contributed by atoms with Gasteiger partial charge in [0.1, 0.15) is 5.54 Å². The van der Waals surface area contributed by atoms with Gasteiger partial charge in [0.05, 0.1) is 6.61 Å². The molecule has 0 aliphatic heterocycles. The highest BCUT2D eigenvalue weighted by Crippen LogP contribution is 2.26. The lowest BCUT2D eigenvalue weighted by molar-refractivity contribution is -0.150. The molecule has 6 nitrogen and oxygen atoms in total. The Morgan fingerprint density at radius 1 is 1.44 bits per heavy atom. The van der Waals surface area contributed by atoms with E-state index in [2.05, 4.69) is 5.43 Å². The van der Waals surface area contributed by atoms with E-state index in [1.807, 2.05) is 0 Å². The number of esters is 1. The summed E-state index contributed by atoms with van der Waals surface area (Å²) in [6.07, 6.45) is 0.232. The van der Waals surface area contributed by atoms with Crippen LogP contribution in [0.4, 0.5) is 0 Å². The van der Waals surface area contributed by atoms with Gasteiger partial charge in [0.15, 0.2) is 11.5 Å². The molecule has 6 heteroatoms. The Labute approximate surface area is 105 Å². The number of rotatable bonds is 5. The van der Waals surface area contributed by atoms with Gasteiger partial charge in [0, 0.05) is 6.42 Å². The highest BCUT2D eigenvalue weighted by Gasteiger charge is 2.33. The van der Waals surface area contributed by atoms with Gasteiger partial charge in [-0.25, -0.2) is 10.2 Å². The number of benzene rings is 1. The largest absolute Gasteiger partial charge is 0.504 e. The third kappa shape index (κ3) is 3.12. The van der Waals surface area contributed by atoms with Crippen LogP contribution in [0.2, 0.25) is 0 Å². The van der Waals surface area contributed by atoms with Crippen LogP contribution in [-0.2, 0) is 16.0 Å². The number of nitrogens with two attached hydrogens (primary N) is 1. The first-order chi connectivity index (χ1) is 8.42. The van der Waals surface area contributed by atoms with Crippen molar-refractivity contribution in [3.63, 3.8) is 0 Å². The van der Waals surface area contributed by atoms with Gasteiger partial charge in [0.25, 0.3) is 0 Å². The molecule has 18 heavy (non-hydrogen) atoms. The highest BCUT2D eigenvalue weighted by molar-refractivity contribution is 5.80. The van der Waals surface area contributed by atoms with Gasteiger partial charge < -0.3 is 14.9 Å². The van der Waals surface area contributed by atoms with Gasteiger partial charge in [-0.15, -0.1) is 0 Å². The second-order valence-electron chi connectivity index (χ2n) is 4.20. The lowest BCUT2D eigenvalue weighted by atomic mass is 9.93. The fourth-order valence-corrected chi connectivity index (χ4v) is 1.56. The summed E-state index contributed by atoms with van der Waals surface area (Å²) in [6, 6.07) is 4.33. The number of carbonyl (C=O) groups excluding carboxylic acids is 1. The van der Waals surface area contributed by atoms with Crippen LogP contribution in [0.15, 0.2) is 18.2 Å². The third-order valence-corrected chi connectivity index (χ3v) is 2.64. The van der Waals surface area contributed by atoms with Crippen molar-refractivity contribution in [2.75, 3.05) is 6.61 Å². The van der Waals surface area contributed by atoms with E-state index in [-0.39, 0.29) is 24.5 Å². The molecule has 5 N–H and O–H groups in total. The van der Waals surface area contributed by atoms with Crippen LogP contribution in [0.25, 0.3) is 0 Å². The maximum atomic E-state index is 11.8. The molecule has 0 aliphatic rings. The number of phenolic OH excluding ortho intramolecular Hbond substituents is 2. The van der Waals surface area contributed by atoms with Crippen molar-refractivity contribution in [1.82, 2.24) is 5.43 Å². The van der Waals surface area contributed by atoms with E-state index in [1.165, 1.54) is 12.1 Å². The predicted octanol–water partition coefficient (Wildman–Crippen LogP) is 0.425. The zero-order valence-electron chi connectivity index (χ0n) is 10.4. The number of aromatic hydroxyl groups is 2. The Morgan fingerprint density at radius 2 is 2.11 bits per heavy atom. The Hall–Kier alpha value is -1.79. The summed E-state index contributed by atoms with van der Waals surface area (Å²) in [7, 11) is 0. The fourth-order valence-electron chi connectivity index (χ4n) is 1.56. The number of hydrogen-bond donors (Lipinski definition) is 4. The molecule has 0 aliphatic carbocycles. The molecule has 0 saturated heterocycles. The lowest BCUT2D eigenvalue weighted by Gasteiger charge is -2.26. The zero-order valence-corrected chi connectivity index (χ0v) is 10.4. The van der Waals surface area contributed by atoms with Gasteiger partial charge in [-0.05, 0) is 31.5 Å². The van der Waals surface area contributed by atoms with E-state index in [4.69, 9.17) is 10.6 Å². The molecule has 0 aromatic heterocycles. The fraction of sp³-hybridized carbons (Fsp3) is 0.417. The van der Waals surface area contributed by atoms with E-state index in [9.17, 15) is 15.0 Å². The van der Waals surface area contributed by atoms with Gasteiger partial charge in [-0.1, -0.05) is 6.07 Å². The second kappa shape index (κ2) is 5.70. The third-order valence-electron chi connectivity index (χ3n) is 2.64. The summed E-state index contributed by atoms with van der Waals surface area (Å²) in [5, 5.41) is 18.6. The highest BCUT2D eigenvalue weighted by atomic mass is 16.5. The molecule has 1 unspecified atom stereocenters. The van der Waals surface area contributed by atoms with Crippen molar-refractivity contribution in [1.29, 1.82) is 0 Å². The minimum Gasteiger partial charge on any atom is -0.504 e. The SMILES string of the molecule is CCOC(=O)C(C)(Cc1ccc(O)c(O)c1)NN. The predicted molar refractivity (Wildman–Crippen MR) is 65.8 cm³/mol. The molecule has 1 atom stereocenters. The summed E-state index contributed by atoms with van der Waals surface area (Å²) >= 11 is 0. The Morgan fingerprint density at radius 3 is 2.61 bits per heavy atom. The Balaban J connectivity index is 2.91. The molecule has 0 heterocycles. The molecule has 0 amide bonds. The van der Waals surface area contributed by atoms with Crippen LogP contribution in [-0.4, -0.2) is 28.3 Å². The lowest BCUT2D eigenvalue weighted by Crippen LogP contribution is -2.55. The molecule has 1 rings (SSSR count). The molecular formula is C12H18N2O4. The minimum absolute atomic E-state index is 0.211. The molecule has 100 valence electrons. The Bertz CT molecular complexity index is 436. The van der Waals surface area contributed by atoms with Crippen molar-refractivity contribution in [3.05, 3.63) is 23.8 Å². The van der Waals surface area contributed by atoms with Gasteiger partial charge in [-0.2, -0.15) is 0 Å². The van der Waals surface area contributed by atoms with Crippen LogP contribution in [0, 0.1) is 0 Å². The molecule has 0 spiro atoms. The molecule has 0 fully saturated rings. The number of ether oxygens (including phenoxy) is 1. The van der Waals surface area contributed by atoms with Crippen molar-refractivity contribution in [2.24, 2.45) is 5.84 Å². The quantitative estimate of drug-likeness (QED) is 0.263. The molecule has 1 aromatic carbocycles. The van der Waals surface area contributed by atoms with Crippen LogP contribution >= 0.6 is 0 Å². The van der Waals surface area contributed by atoms with E-state index in [1.54, 1.807) is 19.9 Å². The van der Waals surface area contributed by atoms with Crippen LogP contribution < -0.4 is 11.3 Å². The molecule has 0 radical (unpaired) electrons. The van der Waals surface area contributed by atoms with E-state index >= 15 is 0 Å². The van der Waals surface area contributed by atoms with E-state index in [0.29, 0.717) is 5.56 Å². The average Bonchev–Trinajstić information content (AvgIpc) is 2.34. The van der Waals surface area contributed by atoms with Crippen LogP contribution in [0.1, 0.15) is 19.4 Å². The van der Waals surface area contributed by atoms with E-state index in [0.717, 1.165) is 0 Å². The van der Waals surface area contributed by atoms with Crippen molar-refractivity contribution < 1.29 is 19.7 Å². The standard InChI is InChI=1S/C12H18N2O4/c1-3-18-11(17)12(2,14-13)7-8-4-5-9(15)10(16)6-8/h4-6,14-16H,3,7,13H2,1-2H3. The second-order valence-corrected chi connectivity index (χ2v) is 4.20. The van der Waals surface area contributed by atoms with E-state index < -0.39 is 11.5 Å². The average molecular weight is 254 g/mol. The molecular weight excluding hydrogens is 236 g/mol. The van der Waals surface area contributed by atoms with Crippen LogP contribution in [0.5, 0.6) is 11.5 Å². The minimum atomic E-state index is -1.08. The Kier molecular flexibility index (Phi) is 4.52. The molecule has 1 aromatic rings. The smallest absolute Gasteiger partial charge is 0.327 e. The maximum absolute atomic E-state index is 11.8.